The molecule has 4 aliphatic rings. The van der Waals surface area contributed by atoms with Crippen LogP contribution in [0, 0.1) is 34.5 Å². The van der Waals surface area contributed by atoms with Gasteiger partial charge in [0.2, 0.25) is 11.8 Å². The van der Waals surface area contributed by atoms with Crippen LogP contribution < -0.4 is 5.32 Å². The molecule has 3 saturated carbocycles. The van der Waals surface area contributed by atoms with E-state index in [0.29, 0.717) is 30.2 Å². The van der Waals surface area contributed by atoms with Crippen molar-refractivity contribution < 1.29 is 14.3 Å². The van der Waals surface area contributed by atoms with Gasteiger partial charge in [-0.2, -0.15) is 0 Å². The van der Waals surface area contributed by atoms with E-state index in [9.17, 15) is 9.59 Å². The van der Waals surface area contributed by atoms with Crippen LogP contribution in [0.2, 0.25) is 0 Å². The van der Waals surface area contributed by atoms with Crippen molar-refractivity contribution in [1.82, 2.24) is 10.2 Å². The summed E-state index contributed by atoms with van der Waals surface area (Å²) in [4.78, 5) is 27.5. The lowest BCUT2D eigenvalue weighted by atomic mass is 9.47. The molecular weight excluding hydrogens is 376 g/mol. The van der Waals surface area contributed by atoms with E-state index in [1.54, 1.807) is 0 Å². The smallest absolute Gasteiger partial charge is 0.223 e. The molecule has 1 N–H and O–H groups in total. The fourth-order valence-corrected chi connectivity index (χ4v) is 8.23. The zero-order chi connectivity index (χ0) is 21.5. The predicted molar refractivity (Wildman–Crippen MR) is 118 cm³/mol. The van der Waals surface area contributed by atoms with Gasteiger partial charge in [0, 0.05) is 45.2 Å². The molecule has 0 aromatic heterocycles. The number of likely N-dealkylation sites (tertiary alicyclic amines) is 1. The highest BCUT2D eigenvalue weighted by Gasteiger charge is 2.62. The van der Waals surface area contributed by atoms with Crippen LogP contribution in [-0.2, 0) is 14.3 Å². The molecule has 2 amide bonds. The standard InChI is InChI=1S/C25H42N2O3/c1-5-30-16-6-15-26-23(29)20-9-8-18-17-7-10-21-25(3,14-12-22(28)27(21)4)19(17)11-13-24(18,20)2/h17-21H,5-16H2,1-4H3,(H,26,29)/t17-,18-,19-,20+,21+,24-,25+/m0/s1. The number of nitrogens with zero attached hydrogens (tertiary/aromatic N) is 1. The summed E-state index contributed by atoms with van der Waals surface area (Å²) in [7, 11) is 2.03. The minimum Gasteiger partial charge on any atom is -0.382 e. The van der Waals surface area contributed by atoms with Crippen LogP contribution in [0.5, 0.6) is 0 Å². The van der Waals surface area contributed by atoms with Gasteiger partial charge >= 0.3 is 0 Å². The van der Waals surface area contributed by atoms with Gasteiger partial charge in [0.05, 0.1) is 0 Å². The maximum atomic E-state index is 13.1. The first-order valence-corrected chi connectivity index (χ1v) is 12.4. The normalized spacial score (nSPS) is 43.0. The highest BCUT2D eigenvalue weighted by atomic mass is 16.5. The molecule has 4 fully saturated rings. The van der Waals surface area contributed by atoms with Crippen molar-refractivity contribution in [2.24, 2.45) is 34.5 Å². The maximum Gasteiger partial charge on any atom is 0.223 e. The second kappa shape index (κ2) is 8.44. The van der Waals surface area contributed by atoms with E-state index in [1.807, 2.05) is 14.0 Å². The third kappa shape index (κ3) is 3.49. The molecule has 5 heteroatoms. The molecule has 0 radical (unpaired) electrons. The molecule has 1 heterocycles. The third-order valence-electron chi connectivity index (χ3n) is 9.84. The average Bonchev–Trinajstić information content (AvgIpc) is 3.08. The lowest BCUT2D eigenvalue weighted by Gasteiger charge is -2.61. The summed E-state index contributed by atoms with van der Waals surface area (Å²) < 4.78 is 5.40. The monoisotopic (exact) mass is 418 g/mol. The third-order valence-corrected chi connectivity index (χ3v) is 9.84. The molecule has 3 aliphatic carbocycles. The number of hydrogen-bond donors (Lipinski definition) is 1. The Hall–Kier alpha value is -1.10. The van der Waals surface area contributed by atoms with E-state index in [2.05, 4.69) is 24.1 Å². The van der Waals surface area contributed by atoms with Gasteiger partial charge in [-0.3, -0.25) is 9.59 Å². The molecule has 0 aromatic rings. The fourth-order valence-electron chi connectivity index (χ4n) is 8.23. The van der Waals surface area contributed by atoms with Gasteiger partial charge in [0.25, 0.3) is 0 Å². The first-order chi connectivity index (χ1) is 14.3. The highest BCUT2D eigenvalue weighted by Crippen LogP contribution is 2.66. The number of piperidine rings is 1. The van der Waals surface area contributed by atoms with E-state index < -0.39 is 0 Å². The number of carbonyl (C=O) groups is 2. The van der Waals surface area contributed by atoms with Gasteiger partial charge in [0.1, 0.15) is 0 Å². The molecule has 170 valence electrons. The summed E-state index contributed by atoms with van der Waals surface area (Å²) in [5.74, 6) is 2.87. The van der Waals surface area contributed by atoms with Crippen LogP contribution in [0.1, 0.15) is 78.6 Å². The quantitative estimate of drug-likeness (QED) is 0.663. The molecule has 1 saturated heterocycles. The van der Waals surface area contributed by atoms with Crippen LogP contribution in [0.25, 0.3) is 0 Å². The van der Waals surface area contributed by atoms with E-state index in [1.165, 1.54) is 19.3 Å². The topological polar surface area (TPSA) is 58.6 Å². The minimum absolute atomic E-state index is 0.144. The first-order valence-electron chi connectivity index (χ1n) is 12.4. The van der Waals surface area contributed by atoms with Gasteiger partial charge in [-0.1, -0.05) is 13.8 Å². The lowest BCUT2D eigenvalue weighted by Crippen LogP contribution is -2.61. The summed E-state index contributed by atoms with van der Waals surface area (Å²) in [6, 6.07) is 0.412. The number of hydrogen-bond acceptors (Lipinski definition) is 3. The molecule has 0 bridgehead atoms. The molecule has 4 rings (SSSR count). The second-order valence-electron chi connectivity index (χ2n) is 11.0. The van der Waals surface area contributed by atoms with Gasteiger partial charge in [-0.15, -0.1) is 0 Å². The predicted octanol–water partition coefficient (Wildman–Crippen LogP) is 4.01. The van der Waals surface area contributed by atoms with E-state index >= 15 is 0 Å². The zero-order valence-corrected chi connectivity index (χ0v) is 19.5. The van der Waals surface area contributed by atoms with Gasteiger partial charge in [-0.05, 0) is 86.9 Å². The molecule has 1 aliphatic heterocycles. The molecule has 30 heavy (non-hydrogen) atoms. The van der Waals surface area contributed by atoms with Crippen molar-refractivity contribution in [3.05, 3.63) is 0 Å². The van der Waals surface area contributed by atoms with Crippen molar-refractivity contribution >= 4 is 11.8 Å². The summed E-state index contributed by atoms with van der Waals surface area (Å²) >= 11 is 0. The number of rotatable bonds is 6. The molecule has 0 spiro atoms. The number of nitrogens with one attached hydrogen (secondary N) is 1. The van der Waals surface area contributed by atoms with Crippen LogP contribution in [0.15, 0.2) is 0 Å². The van der Waals surface area contributed by atoms with Crippen molar-refractivity contribution in [3.63, 3.8) is 0 Å². The van der Waals surface area contributed by atoms with Gasteiger partial charge in [0.15, 0.2) is 0 Å². The van der Waals surface area contributed by atoms with Crippen LogP contribution in [0.3, 0.4) is 0 Å². The zero-order valence-electron chi connectivity index (χ0n) is 19.5. The fraction of sp³-hybridized carbons (Fsp3) is 0.920. The Bertz CT molecular complexity index is 667. The second-order valence-corrected chi connectivity index (χ2v) is 11.0. The van der Waals surface area contributed by atoms with Crippen LogP contribution in [-0.4, -0.2) is 49.6 Å². The Balaban J connectivity index is 1.44. The Morgan fingerprint density at radius 2 is 1.87 bits per heavy atom. The number of amides is 2. The maximum absolute atomic E-state index is 13.1. The Labute approximate surface area is 182 Å². The van der Waals surface area contributed by atoms with E-state index in [4.69, 9.17) is 4.74 Å². The largest absolute Gasteiger partial charge is 0.382 e. The SMILES string of the molecule is CCOCCCNC(=O)[C@H]1CC[C@H]2[C@@H]3CC[C@H]4N(C)C(=O)CC[C@]4(C)[C@H]3CC[C@]12C. The van der Waals surface area contributed by atoms with Crippen molar-refractivity contribution in [2.75, 3.05) is 26.8 Å². The Morgan fingerprint density at radius 3 is 2.63 bits per heavy atom. The van der Waals surface area contributed by atoms with Crippen molar-refractivity contribution in [2.45, 2.75) is 84.6 Å². The van der Waals surface area contributed by atoms with Crippen molar-refractivity contribution in [1.29, 1.82) is 0 Å². The van der Waals surface area contributed by atoms with Gasteiger partial charge in [-0.25, -0.2) is 0 Å². The van der Waals surface area contributed by atoms with Gasteiger partial charge < -0.3 is 15.0 Å². The summed E-state index contributed by atoms with van der Waals surface area (Å²) in [5, 5.41) is 3.21. The molecule has 0 aromatic carbocycles. The van der Waals surface area contributed by atoms with Crippen LogP contribution in [0.4, 0.5) is 0 Å². The summed E-state index contributed by atoms with van der Waals surface area (Å²) in [6.07, 6.45) is 9.65. The Morgan fingerprint density at radius 1 is 1.10 bits per heavy atom. The van der Waals surface area contributed by atoms with E-state index in [0.717, 1.165) is 57.8 Å². The molecule has 0 unspecified atom stereocenters. The highest BCUT2D eigenvalue weighted by molar-refractivity contribution is 5.80. The number of fused-ring (bicyclic) bond motifs is 5. The summed E-state index contributed by atoms with van der Waals surface area (Å²) in [6.45, 7) is 9.08. The van der Waals surface area contributed by atoms with Crippen LogP contribution >= 0.6 is 0 Å². The average molecular weight is 419 g/mol. The number of carbonyl (C=O) groups excluding carboxylic acids is 2. The number of ether oxygens (including phenoxy) is 1. The molecular formula is C25H42N2O3. The first kappa shape index (κ1) is 22.1. The molecule has 7 atom stereocenters. The molecule has 5 nitrogen and oxygen atoms in total. The minimum atomic E-state index is 0.144. The Kier molecular flexibility index (Phi) is 6.22. The lowest BCUT2D eigenvalue weighted by molar-refractivity contribution is -0.159. The summed E-state index contributed by atoms with van der Waals surface area (Å²) in [5.41, 5.74) is 0.400. The van der Waals surface area contributed by atoms with E-state index in [-0.39, 0.29) is 22.7 Å². The van der Waals surface area contributed by atoms with Crippen molar-refractivity contribution in [3.8, 4) is 0 Å².